The van der Waals surface area contributed by atoms with Crippen molar-refractivity contribution >= 4 is 21.4 Å². The van der Waals surface area contributed by atoms with Crippen LogP contribution in [0.2, 0.25) is 5.02 Å². The van der Waals surface area contributed by atoms with Crippen LogP contribution in [-0.2, 0) is 9.84 Å². The van der Waals surface area contributed by atoms with Crippen molar-refractivity contribution < 1.29 is 13.5 Å². The minimum atomic E-state index is -3.44. The molecule has 3 atom stereocenters. The number of sulfone groups is 1. The molecule has 1 aliphatic carbocycles. The molecule has 1 fully saturated rings. The van der Waals surface area contributed by atoms with Gasteiger partial charge < -0.3 is 5.11 Å². The maximum Gasteiger partial charge on any atom is 0.182 e. The lowest BCUT2D eigenvalue weighted by Gasteiger charge is -2.04. The van der Waals surface area contributed by atoms with E-state index >= 15 is 0 Å². The Morgan fingerprint density at radius 1 is 1.05 bits per heavy atom. The second-order valence-electron chi connectivity index (χ2n) is 5.25. The van der Waals surface area contributed by atoms with Gasteiger partial charge in [-0.1, -0.05) is 41.9 Å². The molecule has 0 aliphatic heterocycles. The normalized spacial score (nSPS) is 24.8. The lowest BCUT2D eigenvalue weighted by Crippen LogP contribution is -2.11. The van der Waals surface area contributed by atoms with Crippen LogP contribution in [0.3, 0.4) is 0 Å². The molecule has 5 heteroatoms. The van der Waals surface area contributed by atoms with Gasteiger partial charge >= 0.3 is 0 Å². The van der Waals surface area contributed by atoms with E-state index in [1.54, 1.807) is 48.5 Å². The number of aliphatic hydroxyl groups excluding tert-OH is 1. The average molecular weight is 323 g/mol. The van der Waals surface area contributed by atoms with Gasteiger partial charge in [-0.2, -0.15) is 0 Å². The first kappa shape index (κ1) is 14.6. The molecule has 0 heterocycles. The third kappa shape index (κ3) is 2.59. The smallest absolute Gasteiger partial charge is 0.182 e. The van der Waals surface area contributed by atoms with Crippen LogP contribution < -0.4 is 0 Å². The number of hydrogen-bond donors (Lipinski definition) is 1. The summed E-state index contributed by atoms with van der Waals surface area (Å²) in [6.45, 7) is -0.145. The number of halogens is 1. The summed E-state index contributed by atoms with van der Waals surface area (Å²) in [4.78, 5) is 0.304. The lowest BCUT2D eigenvalue weighted by atomic mass is 10.1. The summed E-state index contributed by atoms with van der Waals surface area (Å²) < 4.78 is 25.4. The van der Waals surface area contributed by atoms with Crippen molar-refractivity contribution in [1.82, 2.24) is 0 Å². The van der Waals surface area contributed by atoms with E-state index in [1.165, 1.54) is 0 Å². The fraction of sp³-hybridized carbons (Fsp3) is 0.250. The van der Waals surface area contributed by atoms with E-state index in [2.05, 4.69) is 0 Å². The van der Waals surface area contributed by atoms with Gasteiger partial charge in [-0.05, 0) is 29.8 Å². The monoisotopic (exact) mass is 322 g/mol. The summed E-state index contributed by atoms with van der Waals surface area (Å²) in [5.74, 6) is -0.465. The predicted octanol–water partition coefficient (Wildman–Crippen LogP) is 2.89. The zero-order valence-electron chi connectivity index (χ0n) is 11.2. The molecule has 2 aromatic carbocycles. The van der Waals surface area contributed by atoms with Crippen LogP contribution in [0.5, 0.6) is 0 Å². The molecule has 0 saturated heterocycles. The quantitative estimate of drug-likeness (QED) is 0.941. The fourth-order valence-electron chi connectivity index (χ4n) is 2.90. The molecule has 1 N–H and O–H groups in total. The van der Waals surface area contributed by atoms with E-state index in [1.807, 2.05) is 6.07 Å². The Kier molecular flexibility index (Phi) is 3.78. The van der Waals surface area contributed by atoms with Crippen LogP contribution in [-0.4, -0.2) is 25.4 Å². The van der Waals surface area contributed by atoms with Crippen molar-refractivity contribution in [1.29, 1.82) is 0 Å². The Morgan fingerprint density at radius 3 is 2.38 bits per heavy atom. The molecule has 0 aromatic heterocycles. The minimum absolute atomic E-state index is 0.145. The molecule has 0 bridgehead atoms. The molecule has 0 spiro atoms. The second kappa shape index (κ2) is 5.44. The predicted molar refractivity (Wildman–Crippen MR) is 82.2 cm³/mol. The average Bonchev–Trinajstić information content (AvgIpc) is 3.23. The highest BCUT2D eigenvalue weighted by molar-refractivity contribution is 7.92. The summed E-state index contributed by atoms with van der Waals surface area (Å²) in [7, 11) is -3.44. The van der Waals surface area contributed by atoms with Crippen LogP contribution in [0.4, 0.5) is 0 Å². The molecule has 3 nitrogen and oxygen atoms in total. The highest BCUT2D eigenvalue weighted by atomic mass is 35.5. The van der Waals surface area contributed by atoms with Gasteiger partial charge in [0.15, 0.2) is 9.84 Å². The van der Waals surface area contributed by atoms with Gasteiger partial charge in [0.1, 0.15) is 0 Å². The molecule has 21 heavy (non-hydrogen) atoms. The van der Waals surface area contributed by atoms with Gasteiger partial charge in [0.25, 0.3) is 0 Å². The van der Waals surface area contributed by atoms with Gasteiger partial charge in [-0.25, -0.2) is 8.42 Å². The summed E-state index contributed by atoms with van der Waals surface area (Å²) in [6.07, 6.45) is 0. The Labute approximate surface area is 129 Å². The standard InChI is InChI=1S/C16H15ClO3S/c17-12-6-4-5-11(9-12)15-14(10-18)16(15)21(19,20)13-7-2-1-3-8-13/h1-9,14-16,18H,10H2/t14-,15-,16-/m0/s1. The molecule has 1 aliphatic rings. The minimum Gasteiger partial charge on any atom is -0.396 e. The first-order chi connectivity index (χ1) is 10.1. The Hall–Kier alpha value is -1.36. The topological polar surface area (TPSA) is 54.4 Å². The van der Waals surface area contributed by atoms with Crippen molar-refractivity contribution in [2.75, 3.05) is 6.61 Å². The second-order valence-corrected chi connectivity index (χ2v) is 7.79. The summed E-state index contributed by atoms with van der Waals surface area (Å²) in [6, 6.07) is 15.6. The first-order valence-corrected chi connectivity index (χ1v) is 8.63. The third-order valence-corrected chi connectivity index (χ3v) is 6.49. The molecule has 0 unspecified atom stereocenters. The number of benzene rings is 2. The number of rotatable bonds is 4. The molecule has 0 amide bonds. The molecule has 1 saturated carbocycles. The summed E-state index contributed by atoms with van der Waals surface area (Å²) >= 11 is 5.97. The maximum absolute atomic E-state index is 12.7. The molecule has 3 rings (SSSR count). The zero-order chi connectivity index (χ0) is 15.0. The first-order valence-electron chi connectivity index (χ1n) is 6.71. The van der Waals surface area contributed by atoms with E-state index in [-0.39, 0.29) is 18.4 Å². The lowest BCUT2D eigenvalue weighted by molar-refractivity contribution is 0.274. The highest BCUT2D eigenvalue weighted by Gasteiger charge is 2.58. The van der Waals surface area contributed by atoms with E-state index < -0.39 is 15.1 Å². The van der Waals surface area contributed by atoms with E-state index in [4.69, 9.17) is 11.6 Å². The van der Waals surface area contributed by atoms with Crippen molar-refractivity contribution in [3.05, 3.63) is 65.2 Å². The fourth-order valence-corrected chi connectivity index (χ4v) is 5.32. The zero-order valence-corrected chi connectivity index (χ0v) is 12.8. The molecule has 2 aromatic rings. The van der Waals surface area contributed by atoms with Gasteiger partial charge in [0.05, 0.1) is 10.1 Å². The van der Waals surface area contributed by atoms with Crippen molar-refractivity contribution in [2.45, 2.75) is 16.1 Å². The van der Waals surface area contributed by atoms with Crippen LogP contribution in [0.1, 0.15) is 11.5 Å². The van der Waals surface area contributed by atoms with Gasteiger partial charge in [0, 0.05) is 23.5 Å². The Balaban J connectivity index is 1.96. The van der Waals surface area contributed by atoms with E-state index in [0.29, 0.717) is 9.92 Å². The largest absolute Gasteiger partial charge is 0.396 e. The summed E-state index contributed by atoms with van der Waals surface area (Å²) in [5, 5.41) is 9.49. The highest BCUT2D eigenvalue weighted by Crippen LogP contribution is 2.53. The van der Waals surface area contributed by atoms with Gasteiger partial charge in [-0.15, -0.1) is 0 Å². The van der Waals surface area contributed by atoms with Crippen molar-refractivity contribution in [3.63, 3.8) is 0 Å². The Bertz CT molecular complexity index is 743. The van der Waals surface area contributed by atoms with Gasteiger partial charge in [0.2, 0.25) is 0 Å². The number of hydrogen-bond acceptors (Lipinski definition) is 3. The van der Waals surface area contributed by atoms with Crippen molar-refractivity contribution in [3.8, 4) is 0 Å². The van der Waals surface area contributed by atoms with E-state index in [9.17, 15) is 13.5 Å². The number of aliphatic hydroxyl groups is 1. The van der Waals surface area contributed by atoms with Crippen LogP contribution in [0.25, 0.3) is 0 Å². The molecular formula is C16H15ClO3S. The van der Waals surface area contributed by atoms with Crippen molar-refractivity contribution in [2.24, 2.45) is 5.92 Å². The van der Waals surface area contributed by atoms with Crippen LogP contribution in [0.15, 0.2) is 59.5 Å². The van der Waals surface area contributed by atoms with E-state index in [0.717, 1.165) is 5.56 Å². The molecule has 110 valence electrons. The molecule has 0 radical (unpaired) electrons. The Morgan fingerprint density at radius 2 is 1.76 bits per heavy atom. The SMILES string of the molecule is O=S(=O)(c1ccccc1)[C@H]1[C@@H](CO)[C@@H]1c1cccc(Cl)c1. The van der Waals surface area contributed by atoms with Gasteiger partial charge in [-0.3, -0.25) is 0 Å². The maximum atomic E-state index is 12.7. The van der Waals surface area contributed by atoms with Crippen LogP contribution >= 0.6 is 11.6 Å². The van der Waals surface area contributed by atoms with Crippen LogP contribution in [0, 0.1) is 5.92 Å². The third-order valence-electron chi connectivity index (χ3n) is 3.97. The molecular weight excluding hydrogens is 308 g/mol. The summed E-state index contributed by atoms with van der Waals surface area (Å²) in [5.41, 5.74) is 0.867.